The van der Waals surface area contributed by atoms with Crippen LogP contribution in [-0.2, 0) is 13.1 Å². The Balaban J connectivity index is 1.87. The summed E-state index contributed by atoms with van der Waals surface area (Å²) in [6, 6.07) is 6.67. The van der Waals surface area contributed by atoms with Crippen LogP contribution in [0.2, 0.25) is 5.02 Å². The molecule has 2 aromatic rings. The molecule has 1 fully saturated rings. The number of rotatable bonds is 5. The Morgan fingerprint density at radius 3 is 2.84 bits per heavy atom. The largest absolute Gasteiger partial charge is 0.349 e. The van der Waals surface area contributed by atoms with Crippen molar-refractivity contribution in [2.45, 2.75) is 32.0 Å². The zero-order valence-electron chi connectivity index (χ0n) is 10.6. The molecule has 0 bridgehead atoms. The molecule has 0 aromatic carbocycles. The van der Waals surface area contributed by atoms with E-state index in [0.29, 0.717) is 17.6 Å². The first-order chi connectivity index (χ1) is 9.28. The zero-order valence-corrected chi connectivity index (χ0v) is 12.1. The van der Waals surface area contributed by atoms with E-state index in [9.17, 15) is 0 Å². The van der Waals surface area contributed by atoms with Crippen molar-refractivity contribution in [1.82, 2.24) is 4.98 Å². The number of pyridine rings is 1. The van der Waals surface area contributed by atoms with E-state index in [4.69, 9.17) is 17.3 Å². The van der Waals surface area contributed by atoms with Crippen LogP contribution in [0.5, 0.6) is 0 Å². The van der Waals surface area contributed by atoms with E-state index in [-0.39, 0.29) is 0 Å². The van der Waals surface area contributed by atoms with Crippen molar-refractivity contribution < 1.29 is 0 Å². The maximum Gasteiger partial charge on any atom is 0.129 e. The van der Waals surface area contributed by atoms with E-state index in [1.807, 2.05) is 12.1 Å². The molecule has 19 heavy (non-hydrogen) atoms. The van der Waals surface area contributed by atoms with Gasteiger partial charge in [-0.25, -0.2) is 4.98 Å². The summed E-state index contributed by atoms with van der Waals surface area (Å²) in [5, 5.41) is 4.95. The first kappa shape index (κ1) is 12.9. The summed E-state index contributed by atoms with van der Waals surface area (Å²) in [5.74, 6) is 0.985. The Bertz CT molecular complexity index is 552. The van der Waals surface area contributed by atoms with Crippen LogP contribution >= 0.6 is 22.9 Å². The molecule has 0 amide bonds. The third kappa shape index (κ3) is 2.91. The third-order valence-corrected chi connectivity index (χ3v) is 4.39. The van der Waals surface area contributed by atoms with Gasteiger partial charge in [0.15, 0.2) is 0 Å². The van der Waals surface area contributed by atoms with Gasteiger partial charge in [-0.2, -0.15) is 11.3 Å². The van der Waals surface area contributed by atoms with Crippen LogP contribution in [0.15, 0.2) is 29.0 Å². The van der Waals surface area contributed by atoms with E-state index >= 15 is 0 Å². The number of hydrogen-bond donors (Lipinski definition) is 1. The first-order valence-electron chi connectivity index (χ1n) is 6.41. The van der Waals surface area contributed by atoms with E-state index in [1.165, 1.54) is 18.4 Å². The van der Waals surface area contributed by atoms with Gasteiger partial charge < -0.3 is 10.6 Å². The van der Waals surface area contributed by atoms with Gasteiger partial charge in [0.05, 0.1) is 10.7 Å². The molecule has 0 radical (unpaired) electrons. The monoisotopic (exact) mass is 293 g/mol. The minimum absolute atomic E-state index is 0.379. The molecule has 0 atom stereocenters. The number of thiophene rings is 1. The molecular formula is C14H16ClN3S. The van der Waals surface area contributed by atoms with Crippen molar-refractivity contribution in [2.75, 3.05) is 4.90 Å². The lowest BCUT2D eigenvalue weighted by Crippen LogP contribution is -2.26. The predicted octanol–water partition coefficient (Wildman–Crippen LogP) is 3.42. The summed E-state index contributed by atoms with van der Waals surface area (Å²) in [5.41, 5.74) is 7.79. The number of aromatic nitrogens is 1. The van der Waals surface area contributed by atoms with Crippen LogP contribution in [0.4, 0.5) is 5.82 Å². The lowest BCUT2D eigenvalue weighted by Gasteiger charge is -2.23. The molecule has 1 saturated carbocycles. The lowest BCUT2D eigenvalue weighted by molar-refractivity contribution is 0.774. The molecule has 2 aromatic heterocycles. The number of anilines is 1. The Morgan fingerprint density at radius 1 is 1.37 bits per heavy atom. The number of halogens is 1. The maximum atomic E-state index is 6.08. The quantitative estimate of drug-likeness (QED) is 0.918. The van der Waals surface area contributed by atoms with Gasteiger partial charge in [0.1, 0.15) is 5.82 Å². The van der Waals surface area contributed by atoms with Crippen LogP contribution in [-0.4, -0.2) is 11.0 Å². The van der Waals surface area contributed by atoms with Gasteiger partial charge in [0, 0.05) is 19.1 Å². The molecule has 100 valence electrons. The second-order valence-electron chi connectivity index (χ2n) is 4.79. The van der Waals surface area contributed by atoms with Crippen molar-refractivity contribution in [3.05, 3.63) is 45.2 Å². The molecule has 3 rings (SSSR count). The fourth-order valence-electron chi connectivity index (χ4n) is 2.14. The van der Waals surface area contributed by atoms with E-state index in [0.717, 1.165) is 18.1 Å². The molecule has 2 heterocycles. The van der Waals surface area contributed by atoms with Crippen molar-refractivity contribution >= 4 is 28.8 Å². The molecule has 0 unspecified atom stereocenters. The topological polar surface area (TPSA) is 42.1 Å². The van der Waals surface area contributed by atoms with Gasteiger partial charge in [0.25, 0.3) is 0 Å². The molecule has 1 aliphatic carbocycles. The molecule has 0 aliphatic heterocycles. The van der Waals surface area contributed by atoms with Crippen LogP contribution in [0.25, 0.3) is 0 Å². The normalized spacial score (nSPS) is 14.6. The lowest BCUT2D eigenvalue weighted by atomic mass is 10.2. The van der Waals surface area contributed by atoms with Gasteiger partial charge >= 0.3 is 0 Å². The van der Waals surface area contributed by atoms with Gasteiger partial charge in [0.2, 0.25) is 0 Å². The van der Waals surface area contributed by atoms with Crippen molar-refractivity contribution in [3.63, 3.8) is 0 Å². The second-order valence-corrected chi connectivity index (χ2v) is 5.98. The average molecular weight is 294 g/mol. The summed E-state index contributed by atoms with van der Waals surface area (Å²) < 4.78 is 0. The van der Waals surface area contributed by atoms with Crippen molar-refractivity contribution in [1.29, 1.82) is 0 Å². The van der Waals surface area contributed by atoms with Crippen molar-refractivity contribution in [3.8, 4) is 0 Å². The fourth-order valence-corrected chi connectivity index (χ4v) is 2.98. The summed E-state index contributed by atoms with van der Waals surface area (Å²) in [7, 11) is 0. The van der Waals surface area contributed by atoms with Crippen LogP contribution < -0.4 is 10.6 Å². The van der Waals surface area contributed by atoms with Crippen LogP contribution in [0, 0.1) is 0 Å². The number of nitrogens with zero attached hydrogens (tertiary/aromatic N) is 2. The van der Waals surface area contributed by atoms with Gasteiger partial charge in [-0.3, -0.25) is 0 Å². The smallest absolute Gasteiger partial charge is 0.129 e. The van der Waals surface area contributed by atoms with E-state index < -0.39 is 0 Å². The fraction of sp³-hybridized carbons (Fsp3) is 0.357. The zero-order chi connectivity index (χ0) is 13.2. The minimum Gasteiger partial charge on any atom is -0.349 e. The summed E-state index contributed by atoms with van der Waals surface area (Å²) in [6.45, 7) is 1.29. The molecule has 0 saturated heterocycles. The minimum atomic E-state index is 0.379. The Hall–Kier alpha value is -1.10. The molecule has 2 N–H and O–H groups in total. The Morgan fingerprint density at radius 2 is 2.21 bits per heavy atom. The summed E-state index contributed by atoms with van der Waals surface area (Å²) >= 11 is 7.81. The summed E-state index contributed by atoms with van der Waals surface area (Å²) in [4.78, 5) is 6.96. The molecule has 5 heteroatoms. The average Bonchev–Trinajstić information content (AvgIpc) is 3.14. The molecule has 1 aliphatic rings. The molecule has 3 nitrogen and oxygen atoms in total. The van der Waals surface area contributed by atoms with Gasteiger partial charge in [-0.15, -0.1) is 0 Å². The Kier molecular flexibility index (Phi) is 3.73. The highest BCUT2D eigenvalue weighted by molar-refractivity contribution is 7.07. The first-order valence-corrected chi connectivity index (χ1v) is 7.73. The van der Waals surface area contributed by atoms with Gasteiger partial charge in [-0.1, -0.05) is 11.6 Å². The standard InChI is InChI=1S/C14H16ClN3S/c15-12-3-4-14(17-13(12)7-16)18(11-1-2-11)8-10-5-6-19-9-10/h3-6,9,11H,1-2,7-8,16H2. The third-order valence-electron chi connectivity index (χ3n) is 3.31. The van der Waals surface area contributed by atoms with E-state index in [2.05, 4.69) is 26.7 Å². The summed E-state index contributed by atoms with van der Waals surface area (Å²) in [6.07, 6.45) is 2.48. The highest BCUT2D eigenvalue weighted by Crippen LogP contribution is 2.33. The second kappa shape index (κ2) is 5.49. The molecular weight excluding hydrogens is 278 g/mol. The highest BCUT2D eigenvalue weighted by Gasteiger charge is 2.30. The van der Waals surface area contributed by atoms with Crippen LogP contribution in [0.3, 0.4) is 0 Å². The SMILES string of the molecule is NCc1nc(N(Cc2ccsc2)C2CC2)ccc1Cl. The Labute approximate surface area is 122 Å². The molecule has 0 spiro atoms. The van der Waals surface area contributed by atoms with Crippen molar-refractivity contribution in [2.24, 2.45) is 5.73 Å². The highest BCUT2D eigenvalue weighted by atomic mass is 35.5. The number of nitrogens with two attached hydrogens (primary N) is 1. The van der Waals surface area contributed by atoms with E-state index in [1.54, 1.807) is 11.3 Å². The van der Waals surface area contributed by atoms with Gasteiger partial charge in [-0.05, 0) is 47.4 Å². The number of hydrogen-bond acceptors (Lipinski definition) is 4. The predicted molar refractivity (Wildman–Crippen MR) is 80.7 cm³/mol. The van der Waals surface area contributed by atoms with Crippen LogP contribution in [0.1, 0.15) is 24.1 Å². The maximum absolute atomic E-state index is 6.08.